The SMILES string of the molecule is CN=C(NCCN1CC(C)CC(C)C1)NC1CC2CCC1O2. The fourth-order valence-corrected chi connectivity index (χ4v) is 4.47. The van der Waals surface area contributed by atoms with Crippen molar-refractivity contribution in [2.75, 3.05) is 33.2 Å². The van der Waals surface area contributed by atoms with Crippen molar-refractivity contribution in [3.05, 3.63) is 0 Å². The third-order valence-corrected chi connectivity index (χ3v) is 5.32. The summed E-state index contributed by atoms with van der Waals surface area (Å²) in [7, 11) is 1.86. The molecule has 0 aromatic heterocycles. The van der Waals surface area contributed by atoms with E-state index in [2.05, 4.69) is 34.4 Å². The molecule has 2 N–H and O–H groups in total. The van der Waals surface area contributed by atoms with Crippen molar-refractivity contribution in [3.8, 4) is 0 Å². The highest BCUT2D eigenvalue weighted by Gasteiger charge is 2.41. The lowest BCUT2D eigenvalue weighted by Crippen LogP contribution is -2.49. The maximum absolute atomic E-state index is 5.90. The second kappa shape index (κ2) is 7.18. The first-order chi connectivity index (χ1) is 10.6. The van der Waals surface area contributed by atoms with Crippen LogP contribution in [-0.4, -0.2) is 62.3 Å². The highest BCUT2D eigenvalue weighted by Crippen LogP contribution is 2.34. The van der Waals surface area contributed by atoms with Crippen LogP contribution < -0.4 is 10.6 Å². The molecule has 0 radical (unpaired) electrons. The van der Waals surface area contributed by atoms with Crippen LogP contribution >= 0.6 is 0 Å². The predicted octanol–water partition coefficient (Wildman–Crippen LogP) is 1.45. The standard InChI is InChI=1S/C17H32N4O/c1-12-8-13(2)11-21(10-12)7-6-19-17(18-3)20-15-9-14-4-5-16(15)22-14/h12-16H,4-11H2,1-3H3,(H2,18,19,20). The normalized spacial score (nSPS) is 39.2. The quantitative estimate of drug-likeness (QED) is 0.610. The van der Waals surface area contributed by atoms with Crippen molar-refractivity contribution in [2.24, 2.45) is 16.8 Å². The second-order valence-electron chi connectivity index (χ2n) is 7.57. The number of nitrogens with one attached hydrogen (secondary N) is 2. The van der Waals surface area contributed by atoms with Crippen LogP contribution in [0.1, 0.15) is 39.5 Å². The Morgan fingerprint density at radius 2 is 1.95 bits per heavy atom. The highest BCUT2D eigenvalue weighted by molar-refractivity contribution is 5.80. The van der Waals surface area contributed by atoms with Gasteiger partial charge in [-0.1, -0.05) is 13.8 Å². The largest absolute Gasteiger partial charge is 0.373 e. The average molecular weight is 308 g/mol. The first-order valence-corrected chi connectivity index (χ1v) is 8.99. The van der Waals surface area contributed by atoms with Crippen LogP contribution in [0.2, 0.25) is 0 Å². The molecule has 0 spiro atoms. The first kappa shape index (κ1) is 16.1. The van der Waals surface area contributed by atoms with Gasteiger partial charge in [-0.05, 0) is 37.5 Å². The molecule has 2 bridgehead atoms. The summed E-state index contributed by atoms with van der Waals surface area (Å²) in [6, 6.07) is 0.444. The number of guanidine groups is 1. The van der Waals surface area contributed by atoms with Crippen molar-refractivity contribution in [3.63, 3.8) is 0 Å². The van der Waals surface area contributed by atoms with E-state index in [1.807, 2.05) is 7.05 Å². The van der Waals surface area contributed by atoms with E-state index in [-0.39, 0.29) is 0 Å². The number of aliphatic imine (C=N–C) groups is 1. The van der Waals surface area contributed by atoms with Crippen molar-refractivity contribution in [1.82, 2.24) is 15.5 Å². The van der Waals surface area contributed by atoms with Gasteiger partial charge in [-0.3, -0.25) is 4.99 Å². The summed E-state index contributed by atoms with van der Waals surface area (Å²) in [4.78, 5) is 6.95. The Bertz CT molecular complexity index is 390. The molecular weight excluding hydrogens is 276 g/mol. The second-order valence-corrected chi connectivity index (χ2v) is 7.57. The Labute approximate surface area is 134 Å². The minimum Gasteiger partial charge on any atom is -0.373 e. The van der Waals surface area contributed by atoms with Gasteiger partial charge >= 0.3 is 0 Å². The monoisotopic (exact) mass is 308 g/mol. The number of fused-ring (bicyclic) bond motifs is 2. The van der Waals surface area contributed by atoms with Crippen LogP contribution in [0.4, 0.5) is 0 Å². The molecule has 5 nitrogen and oxygen atoms in total. The molecule has 3 rings (SSSR count). The summed E-state index contributed by atoms with van der Waals surface area (Å²) in [6.07, 6.45) is 5.82. The maximum atomic E-state index is 5.90. The Morgan fingerprint density at radius 1 is 1.18 bits per heavy atom. The van der Waals surface area contributed by atoms with E-state index in [0.717, 1.165) is 37.3 Å². The van der Waals surface area contributed by atoms with Gasteiger partial charge in [0.05, 0.1) is 18.2 Å². The zero-order valence-electron chi connectivity index (χ0n) is 14.3. The Balaban J connectivity index is 1.38. The van der Waals surface area contributed by atoms with Crippen LogP contribution in [0.5, 0.6) is 0 Å². The maximum Gasteiger partial charge on any atom is 0.191 e. The molecule has 3 aliphatic rings. The van der Waals surface area contributed by atoms with E-state index in [1.165, 1.54) is 32.4 Å². The number of hydrogen-bond acceptors (Lipinski definition) is 3. The topological polar surface area (TPSA) is 48.9 Å². The molecule has 0 saturated carbocycles. The Hall–Kier alpha value is -0.810. The number of piperidine rings is 1. The summed E-state index contributed by atoms with van der Waals surface area (Å²) in [5, 5.41) is 7.02. The Morgan fingerprint density at radius 3 is 2.55 bits per heavy atom. The van der Waals surface area contributed by atoms with Gasteiger partial charge < -0.3 is 20.3 Å². The van der Waals surface area contributed by atoms with Crippen molar-refractivity contribution in [1.29, 1.82) is 0 Å². The summed E-state index contributed by atoms with van der Waals surface area (Å²) in [5.41, 5.74) is 0. The third-order valence-electron chi connectivity index (χ3n) is 5.32. The minimum absolute atomic E-state index is 0.396. The minimum atomic E-state index is 0.396. The number of likely N-dealkylation sites (tertiary alicyclic amines) is 1. The fraction of sp³-hybridized carbons (Fsp3) is 0.941. The lowest BCUT2D eigenvalue weighted by atomic mass is 9.92. The van der Waals surface area contributed by atoms with Crippen LogP contribution in [0.15, 0.2) is 4.99 Å². The summed E-state index contributed by atoms with van der Waals surface area (Å²) in [6.45, 7) is 9.26. The zero-order valence-corrected chi connectivity index (χ0v) is 14.3. The van der Waals surface area contributed by atoms with Gasteiger partial charge in [0, 0.05) is 33.2 Å². The van der Waals surface area contributed by atoms with Crippen LogP contribution in [0, 0.1) is 11.8 Å². The van der Waals surface area contributed by atoms with Crippen LogP contribution in [-0.2, 0) is 4.74 Å². The number of hydrogen-bond donors (Lipinski definition) is 2. The fourth-order valence-electron chi connectivity index (χ4n) is 4.47. The summed E-state index contributed by atoms with van der Waals surface area (Å²) in [5.74, 6) is 2.58. The molecule has 126 valence electrons. The molecule has 5 heteroatoms. The van der Waals surface area contributed by atoms with E-state index in [9.17, 15) is 0 Å². The van der Waals surface area contributed by atoms with E-state index >= 15 is 0 Å². The number of rotatable bonds is 4. The molecule has 0 amide bonds. The molecule has 3 saturated heterocycles. The molecule has 3 aliphatic heterocycles. The molecule has 0 aromatic carbocycles. The first-order valence-electron chi connectivity index (χ1n) is 8.99. The van der Waals surface area contributed by atoms with Gasteiger partial charge in [0.1, 0.15) is 0 Å². The summed E-state index contributed by atoms with van der Waals surface area (Å²) >= 11 is 0. The van der Waals surface area contributed by atoms with Gasteiger partial charge in [0.15, 0.2) is 5.96 Å². The number of ether oxygens (including phenoxy) is 1. The summed E-state index contributed by atoms with van der Waals surface area (Å²) < 4.78 is 5.90. The molecule has 5 atom stereocenters. The average Bonchev–Trinajstić information content (AvgIpc) is 3.07. The highest BCUT2D eigenvalue weighted by atomic mass is 16.5. The molecule has 22 heavy (non-hydrogen) atoms. The van der Waals surface area contributed by atoms with E-state index < -0.39 is 0 Å². The smallest absolute Gasteiger partial charge is 0.191 e. The van der Waals surface area contributed by atoms with Gasteiger partial charge in [-0.2, -0.15) is 0 Å². The van der Waals surface area contributed by atoms with E-state index in [4.69, 9.17) is 4.74 Å². The lowest BCUT2D eigenvalue weighted by molar-refractivity contribution is 0.0992. The van der Waals surface area contributed by atoms with Crippen LogP contribution in [0.3, 0.4) is 0 Å². The van der Waals surface area contributed by atoms with Gasteiger partial charge in [0.2, 0.25) is 0 Å². The van der Waals surface area contributed by atoms with Gasteiger partial charge in [-0.25, -0.2) is 0 Å². The van der Waals surface area contributed by atoms with Crippen LogP contribution in [0.25, 0.3) is 0 Å². The van der Waals surface area contributed by atoms with Crippen molar-refractivity contribution >= 4 is 5.96 Å². The van der Waals surface area contributed by atoms with Crippen molar-refractivity contribution < 1.29 is 4.74 Å². The van der Waals surface area contributed by atoms with E-state index in [0.29, 0.717) is 18.2 Å². The van der Waals surface area contributed by atoms with Gasteiger partial charge in [-0.15, -0.1) is 0 Å². The molecule has 5 unspecified atom stereocenters. The molecule has 0 aromatic rings. The molecule has 3 heterocycles. The molecule has 0 aliphatic carbocycles. The molecule has 3 fully saturated rings. The Kier molecular flexibility index (Phi) is 5.24. The third kappa shape index (κ3) is 3.93. The van der Waals surface area contributed by atoms with E-state index in [1.54, 1.807) is 0 Å². The number of nitrogens with zero attached hydrogens (tertiary/aromatic N) is 2. The predicted molar refractivity (Wildman–Crippen MR) is 90.2 cm³/mol. The molecular formula is C17H32N4O. The van der Waals surface area contributed by atoms with Gasteiger partial charge in [0.25, 0.3) is 0 Å². The lowest BCUT2D eigenvalue weighted by Gasteiger charge is -2.35. The zero-order chi connectivity index (χ0) is 15.5. The van der Waals surface area contributed by atoms with Crippen molar-refractivity contribution in [2.45, 2.75) is 57.8 Å².